The van der Waals surface area contributed by atoms with E-state index >= 15 is 0 Å². The van der Waals surface area contributed by atoms with E-state index in [0.717, 1.165) is 70.6 Å². The summed E-state index contributed by atoms with van der Waals surface area (Å²) in [7, 11) is 5.94. The summed E-state index contributed by atoms with van der Waals surface area (Å²) in [6.45, 7) is 4.69. The van der Waals surface area contributed by atoms with Gasteiger partial charge in [0.25, 0.3) is 0 Å². The molecule has 0 aromatic heterocycles. The smallest absolute Gasteiger partial charge is 0.306 e. The maximum Gasteiger partial charge on any atom is 0.306 e. The minimum atomic E-state index is -1.62. The molecule has 0 saturated heterocycles. The number of likely N-dealkylation sites (N-methyl/N-ethyl adjacent to an activating group) is 1. The second kappa shape index (κ2) is 65.0. The first kappa shape index (κ1) is 80.0. The van der Waals surface area contributed by atoms with Crippen LogP contribution in [0.15, 0.2) is 60.8 Å². The van der Waals surface area contributed by atoms with E-state index in [0.29, 0.717) is 17.4 Å². The van der Waals surface area contributed by atoms with Crippen LogP contribution in [0.5, 0.6) is 0 Å². The van der Waals surface area contributed by atoms with Crippen molar-refractivity contribution in [2.75, 3.05) is 47.5 Å². The number of rotatable bonds is 66. The third-order valence-corrected chi connectivity index (χ3v) is 15.8. The molecule has 0 aliphatic carbocycles. The fourth-order valence-electron chi connectivity index (χ4n) is 10.4. The Morgan fingerprint density at radius 1 is 0.373 bits per heavy atom. The van der Waals surface area contributed by atoms with Gasteiger partial charge in [-0.1, -0.05) is 325 Å². The fraction of sp³-hybridized carbons (Fsp3) is 0.824. The second-order valence-electron chi connectivity index (χ2n) is 25.2. The number of nitrogens with zero attached hydrogens (tertiary/aromatic N) is 1. The van der Waals surface area contributed by atoms with Crippen molar-refractivity contribution < 1.29 is 42.9 Å². The summed E-state index contributed by atoms with van der Waals surface area (Å²) in [6, 6.07) is 0. The summed E-state index contributed by atoms with van der Waals surface area (Å²) in [5.41, 5.74) is 0. The fourth-order valence-corrected chi connectivity index (χ4v) is 10.4. The van der Waals surface area contributed by atoms with Gasteiger partial charge < -0.3 is 33.3 Å². The molecule has 0 N–H and O–H groups in total. The molecule has 0 fully saturated rings. The molecule has 9 heteroatoms. The van der Waals surface area contributed by atoms with Gasteiger partial charge in [0.15, 0.2) is 12.4 Å². The number of quaternary nitrogens is 1. The molecule has 0 amide bonds. The maximum atomic E-state index is 12.9. The number of carboxylic acid groups (broad SMARTS) is 1. The lowest BCUT2D eigenvalue weighted by molar-refractivity contribution is -0.870. The van der Waals surface area contributed by atoms with Crippen molar-refractivity contribution in [2.45, 2.75) is 347 Å². The Hall–Kier alpha value is -3.01. The quantitative estimate of drug-likeness (QED) is 0.0195. The van der Waals surface area contributed by atoms with Crippen LogP contribution < -0.4 is 5.11 Å². The van der Waals surface area contributed by atoms with Crippen molar-refractivity contribution >= 4 is 17.9 Å². The van der Waals surface area contributed by atoms with Crippen molar-refractivity contribution in [1.29, 1.82) is 0 Å². The predicted molar refractivity (Wildman–Crippen MR) is 352 cm³/mol. The standard InChI is InChI=1S/C74H135NO8/c1-6-8-10-12-14-16-18-20-22-24-25-26-27-28-29-30-31-32-33-34-35-36-37-38-39-40-41-42-43-44-45-46-47-49-51-53-55-57-59-61-63-65-72(77)83-70(69-82-74(73(78)79)80-67-66-75(3,4)5)68-81-71(76)64-62-60-58-56-54-52-50-48-23-21-19-17-15-13-11-9-7-2/h8,10,14,16,20,22,25-26,28-29,70,74H,6-7,9,11-13,15,17-19,21,23-24,27,30-69H2,1-5H3/b10-8-,16-14-,22-20-,26-25-,29-28-. The number of carboxylic acids is 1. The molecule has 0 bridgehead atoms. The van der Waals surface area contributed by atoms with Crippen molar-refractivity contribution in [3.05, 3.63) is 60.8 Å². The van der Waals surface area contributed by atoms with E-state index in [9.17, 15) is 19.5 Å². The molecule has 0 spiro atoms. The van der Waals surface area contributed by atoms with E-state index < -0.39 is 24.3 Å². The molecule has 0 aromatic rings. The van der Waals surface area contributed by atoms with E-state index in [2.05, 4.69) is 74.6 Å². The Bertz CT molecular complexity index is 1550. The summed E-state index contributed by atoms with van der Waals surface area (Å²) in [4.78, 5) is 37.4. The lowest BCUT2D eigenvalue weighted by Crippen LogP contribution is -2.44. The normalized spacial score (nSPS) is 13.0. The van der Waals surface area contributed by atoms with Gasteiger partial charge in [-0.05, 0) is 57.8 Å². The van der Waals surface area contributed by atoms with Gasteiger partial charge in [-0.2, -0.15) is 0 Å². The SMILES string of the molecule is CC/C=C\C/C=C\C/C=C\C/C=C\C/C=C\CCCCCCCCCCCCCCCCCCCCCCCCCCCC(=O)OC(COC(=O)CCCCCCCCCCCCCCCCCCC)COC(OCC[N+](C)(C)C)C(=O)[O-]. The van der Waals surface area contributed by atoms with Crippen LogP contribution in [0.25, 0.3) is 0 Å². The topological polar surface area (TPSA) is 111 Å². The number of carbonyl (C=O) groups is 3. The number of hydrogen-bond donors (Lipinski definition) is 0. The first-order chi connectivity index (χ1) is 40.6. The highest BCUT2D eigenvalue weighted by molar-refractivity contribution is 5.70. The number of aliphatic carboxylic acids is 1. The van der Waals surface area contributed by atoms with Crippen LogP contribution in [-0.4, -0.2) is 82.3 Å². The third kappa shape index (κ3) is 66.4. The molecular weight excluding hydrogens is 1030 g/mol. The summed E-state index contributed by atoms with van der Waals surface area (Å²) >= 11 is 0. The first-order valence-electron chi connectivity index (χ1n) is 35.4. The predicted octanol–water partition coefficient (Wildman–Crippen LogP) is 20.6. The van der Waals surface area contributed by atoms with Gasteiger partial charge in [0.2, 0.25) is 0 Å². The van der Waals surface area contributed by atoms with Crippen LogP contribution in [0, 0.1) is 0 Å². The Labute approximate surface area is 514 Å². The zero-order valence-electron chi connectivity index (χ0n) is 55.3. The highest BCUT2D eigenvalue weighted by Gasteiger charge is 2.22. The zero-order chi connectivity index (χ0) is 60.5. The van der Waals surface area contributed by atoms with Gasteiger partial charge in [0.05, 0.1) is 40.3 Å². The molecule has 9 nitrogen and oxygen atoms in total. The van der Waals surface area contributed by atoms with E-state index in [-0.39, 0.29) is 32.2 Å². The van der Waals surface area contributed by atoms with E-state index in [1.54, 1.807) is 0 Å². The summed E-state index contributed by atoms with van der Waals surface area (Å²) in [5, 5.41) is 11.8. The van der Waals surface area contributed by atoms with Crippen molar-refractivity contribution in [3.8, 4) is 0 Å². The molecule has 0 aliphatic rings. The van der Waals surface area contributed by atoms with Crippen molar-refractivity contribution in [2.24, 2.45) is 0 Å². The van der Waals surface area contributed by atoms with Crippen LogP contribution in [0.1, 0.15) is 335 Å². The summed E-state index contributed by atoms with van der Waals surface area (Å²) in [6.07, 6.45) is 81.8. The third-order valence-electron chi connectivity index (χ3n) is 15.8. The van der Waals surface area contributed by atoms with Crippen LogP contribution in [0.2, 0.25) is 0 Å². The molecule has 484 valence electrons. The second-order valence-corrected chi connectivity index (χ2v) is 25.2. The van der Waals surface area contributed by atoms with Crippen LogP contribution in [-0.2, 0) is 33.3 Å². The maximum absolute atomic E-state index is 12.9. The van der Waals surface area contributed by atoms with Gasteiger partial charge in [0, 0.05) is 12.8 Å². The average molecular weight is 1170 g/mol. The molecule has 0 aromatic carbocycles. The van der Waals surface area contributed by atoms with E-state index in [1.165, 1.54) is 238 Å². The molecule has 0 saturated carbocycles. The van der Waals surface area contributed by atoms with Crippen LogP contribution in [0.3, 0.4) is 0 Å². The van der Waals surface area contributed by atoms with Gasteiger partial charge in [-0.15, -0.1) is 0 Å². The Balaban J connectivity index is 3.93. The van der Waals surface area contributed by atoms with Crippen LogP contribution >= 0.6 is 0 Å². The highest BCUT2D eigenvalue weighted by atomic mass is 16.7. The Kier molecular flexibility index (Phi) is 62.6. The number of unbranched alkanes of at least 4 members (excludes halogenated alkanes) is 41. The first-order valence-corrected chi connectivity index (χ1v) is 35.4. The van der Waals surface area contributed by atoms with Crippen molar-refractivity contribution in [3.63, 3.8) is 0 Å². The molecule has 83 heavy (non-hydrogen) atoms. The van der Waals surface area contributed by atoms with E-state index in [1.807, 2.05) is 21.1 Å². The monoisotopic (exact) mass is 1170 g/mol. The zero-order valence-corrected chi connectivity index (χ0v) is 55.3. The molecule has 2 atom stereocenters. The largest absolute Gasteiger partial charge is 0.545 e. The number of esters is 2. The molecule has 0 heterocycles. The van der Waals surface area contributed by atoms with Gasteiger partial charge in [-0.3, -0.25) is 9.59 Å². The van der Waals surface area contributed by atoms with Gasteiger partial charge in [0.1, 0.15) is 13.2 Å². The average Bonchev–Trinajstić information content (AvgIpc) is 3.46. The lowest BCUT2D eigenvalue weighted by atomic mass is 10.0. The Morgan fingerprint density at radius 3 is 1.02 bits per heavy atom. The van der Waals surface area contributed by atoms with Gasteiger partial charge in [-0.25, -0.2) is 0 Å². The molecule has 0 rings (SSSR count). The Morgan fingerprint density at radius 2 is 0.687 bits per heavy atom. The molecule has 0 aliphatic heterocycles. The number of ether oxygens (including phenoxy) is 4. The van der Waals surface area contributed by atoms with Crippen LogP contribution in [0.4, 0.5) is 0 Å². The van der Waals surface area contributed by atoms with E-state index in [4.69, 9.17) is 18.9 Å². The minimum Gasteiger partial charge on any atom is -0.545 e. The molecular formula is C74H135NO8. The minimum absolute atomic E-state index is 0.151. The summed E-state index contributed by atoms with van der Waals surface area (Å²) < 4.78 is 22.8. The molecule has 2 unspecified atom stereocenters. The van der Waals surface area contributed by atoms with Crippen molar-refractivity contribution in [1.82, 2.24) is 0 Å². The number of hydrogen-bond acceptors (Lipinski definition) is 8. The number of carbonyl (C=O) groups excluding carboxylic acids is 3. The summed E-state index contributed by atoms with van der Waals surface area (Å²) in [5.74, 6) is -2.26. The van der Waals surface area contributed by atoms with Gasteiger partial charge >= 0.3 is 11.9 Å². The highest BCUT2D eigenvalue weighted by Crippen LogP contribution is 2.19. The lowest BCUT2D eigenvalue weighted by Gasteiger charge is -2.26. The number of allylic oxidation sites excluding steroid dienone is 10. The molecule has 0 radical (unpaired) electrons.